The van der Waals surface area contributed by atoms with E-state index in [0.717, 1.165) is 19.6 Å². The number of fused-ring (bicyclic) bond motifs is 1. The topological polar surface area (TPSA) is 88.7 Å². The Morgan fingerprint density at radius 1 is 1.15 bits per heavy atom. The lowest BCUT2D eigenvalue weighted by Gasteiger charge is -2.13. The number of hydrogen-bond acceptors (Lipinski definition) is 7. The number of nitro benzene ring substituents is 1. The monoisotopic (exact) mass is 540 g/mol. The lowest BCUT2D eigenvalue weighted by atomic mass is 10.2. The van der Waals surface area contributed by atoms with Crippen molar-refractivity contribution in [3.63, 3.8) is 0 Å². The summed E-state index contributed by atoms with van der Waals surface area (Å²) in [6.45, 7) is 0. The van der Waals surface area contributed by atoms with Crippen LogP contribution in [0.1, 0.15) is 12.0 Å². The number of carbonyl (C=O) groups excluding carboxylic acids is 1. The van der Waals surface area contributed by atoms with Crippen molar-refractivity contribution in [1.29, 1.82) is 0 Å². The third-order valence-corrected chi connectivity index (χ3v) is 7.01. The second-order valence-corrected chi connectivity index (χ2v) is 9.91. The molecule has 0 unspecified atom stereocenters. The second-order valence-electron chi connectivity index (χ2n) is 6.82. The van der Waals surface area contributed by atoms with Crippen LogP contribution >= 0.6 is 39.0 Å². The molecular formula is C23H17BrN4O3S2. The molecule has 0 aliphatic rings. The molecule has 4 aromatic rings. The standard InChI is InChI=1S/C23H17BrN4O3S2/c24-17-8-11-20-21(14-17)33-23(26-20)27(22(29)12-13-32-19-4-2-1-3-5-19)25-15-16-6-9-18(10-7-16)28(30)31/h1-11,14-15H,12-13H2/b25-15+. The van der Waals surface area contributed by atoms with E-state index in [2.05, 4.69) is 26.0 Å². The number of hydrazone groups is 1. The van der Waals surface area contributed by atoms with Crippen LogP contribution in [0.15, 0.2) is 87.3 Å². The van der Waals surface area contributed by atoms with Gasteiger partial charge < -0.3 is 0 Å². The van der Waals surface area contributed by atoms with Crippen molar-refractivity contribution in [2.75, 3.05) is 10.8 Å². The molecular weight excluding hydrogens is 524 g/mol. The average Bonchev–Trinajstić information content (AvgIpc) is 3.23. The minimum absolute atomic E-state index is 0.00484. The summed E-state index contributed by atoms with van der Waals surface area (Å²) in [5.41, 5.74) is 1.41. The maximum Gasteiger partial charge on any atom is 0.269 e. The largest absolute Gasteiger partial charge is 0.272 e. The summed E-state index contributed by atoms with van der Waals surface area (Å²) in [6.07, 6.45) is 1.78. The Bertz CT molecular complexity index is 1310. The summed E-state index contributed by atoms with van der Waals surface area (Å²) in [7, 11) is 0. The molecule has 0 N–H and O–H groups in total. The molecule has 1 aromatic heterocycles. The first-order chi connectivity index (χ1) is 16.0. The fraction of sp³-hybridized carbons (Fsp3) is 0.0870. The number of nitro groups is 1. The van der Waals surface area contributed by atoms with Crippen LogP contribution in [0.2, 0.25) is 0 Å². The van der Waals surface area contributed by atoms with Crippen LogP contribution in [0.25, 0.3) is 10.2 Å². The van der Waals surface area contributed by atoms with Gasteiger partial charge in [0.1, 0.15) is 0 Å². The quantitative estimate of drug-likeness (QED) is 0.110. The molecule has 0 spiro atoms. The first-order valence-corrected chi connectivity index (χ1v) is 12.4. The molecule has 33 heavy (non-hydrogen) atoms. The Morgan fingerprint density at radius 2 is 1.91 bits per heavy atom. The van der Waals surface area contributed by atoms with Crippen molar-refractivity contribution in [2.24, 2.45) is 5.10 Å². The number of anilines is 1. The molecule has 7 nitrogen and oxygen atoms in total. The lowest BCUT2D eigenvalue weighted by molar-refractivity contribution is -0.384. The highest BCUT2D eigenvalue weighted by atomic mass is 79.9. The smallest absolute Gasteiger partial charge is 0.269 e. The highest BCUT2D eigenvalue weighted by Gasteiger charge is 2.19. The van der Waals surface area contributed by atoms with E-state index in [-0.39, 0.29) is 18.0 Å². The van der Waals surface area contributed by atoms with Crippen LogP contribution in [0.4, 0.5) is 10.8 Å². The molecule has 0 radical (unpaired) electrons. The molecule has 0 aliphatic heterocycles. The van der Waals surface area contributed by atoms with E-state index >= 15 is 0 Å². The zero-order valence-electron chi connectivity index (χ0n) is 17.1. The molecule has 0 saturated carbocycles. The van der Waals surface area contributed by atoms with Gasteiger partial charge in [-0.1, -0.05) is 45.5 Å². The number of thioether (sulfide) groups is 1. The van der Waals surface area contributed by atoms with Crippen molar-refractivity contribution in [3.05, 3.63) is 92.9 Å². The van der Waals surface area contributed by atoms with Gasteiger partial charge in [-0.05, 0) is 48.0 Å². The zero-order valence-corrected chi connectivity index (χ0v) is 20.3. The summed E-state index contributed by atoms with van der Waals surface area (Å²) < 4.78 is 1.86. The number of carbonyl (C=O) groups is 1. The predicted octanol–water partition coefficient (Wildman–Crippen LogP) is 6.52. The number of rotatable bonds is 8. The van der Waals surface area contributed by atoms with Crippen molar-refractivity contribution in [2.45, 2.75) is 11.3 Å². The first-order valence-electron chi connectivity index (χ1n) is 9.85. The SMILES string of the molecule is O=C(CCSc1ccccc1)N(/N=C/c1ccc([N+](=O)[O-])cc1)c1nc2ccc(Br)cc2s1. The van der Waals surface area contributed by atoms with Crippen LogP contribution < -0.4 is 5.01 Å². The summed E-state index contributed by atoms with van der Waals surface area (Å²) in [4.78, 5) is 29.2. The normalized spacial score (nSPS) is 11.2. The van der Waals surface area contributed by atoms with Gasteiger partial charge in [-0.3, -0.25) is 14.9 Å². The zero-order chi connectivity index (χ0) is 23.2. The van der Waals surface area contributed by atoms with Gasteiger partial charge in [-0.2, -0.15) is 10.1 Å². The van der Waals surface area contributed by atoms with Crippen molar-refractivity contribution in [1.82, 2.24) is 4.98 Å². The van der Waals surface area contributed by atoms with Crippen LogP contribution in [0, 0.1) is 10.1 Å². The van der Waals surface area contributed by atoms with Gasteiger partial charge >= 0.3 is 0 Å². The molecule has 0 atom stereocenters. The summed E-state index contributed by atoms with van der Waals surface area (Å²) in [6, 6.07) is 21.6. The van der Waals surface area contributed by atoms with E-state index in [1.165, 1.54) is 34.7 Å². The lowest BCUT2D eigenvalue weighted by Crippen LogP contribution is -2.25. The van der Waals surface area contributed by atoms with Crippen molar-refractivity contribution >= 4 is 72.2 Å². The van der Waals surface area contributed by atoms with E-state index in [1.807, 2.05) is 48.5 Å². The number of halogens is 1. The molecule has 1 amide bonds. The van der Waals surface area contributed by atoms with Crippen LogP contribution in [-0.4, -0.2) is 27.8 Å². The maximum absolute atomic E-state index is 13.1. The number of nitrogens with zero attached hydrogens (tertiary/aromatic N) is 4. The van der Waals surface area contributed by atoms with Gasteiger partial charge in [0.25, 0.3) is 5.69 Å². The Morgan fingerprint density at radius 3 is 2.64 bits per heavy atom. The first kappa shape index (κ1) is 23.1. The predicted molar refractivity (Wildman–Crippen MR) is 137 cm³/mol. The van der Waals surface area contributed by atoms with E-state index in [4.69, 9.17) is 0 Å². The number of benzene rings is 3. The second kappa shape index (κ2) is 10.7. The fourth-order valence-corrected chi connectivity index (χ4v) is 5.24. The minimum Gasteiger partial charge on any atom is -0.272 e. The van der Waals surface area contributed by atoms with Gasteiger partial charge in [0.2, 0.25) is 11.0 Å². The number of amides is 1. The number of non-ortho nitro benzene ring substituents is 1. The van der Waals surface area contributed by atoms with Gasteiger partial charge in [-0.15, -0.1) is 11.8 Å². The molecule has 1 heterocycles. The minimum atomic E-state index is -0.458. The summed E-state index contributed by atoms with van der Waals surface area (Å²) in [5, 5.41) is 17.0. The Balaban J connectivity index is 1.56. The summed E-state index contributed by atoms with van der Waals surface area (Å²) >= 11 is 6.43. The van der Waals surface area contributed by atoms with Crippen LogP contribution in [0.5, 0.6) is 0 Å². The fourth-order valence-electron chi connectivity index (χ4n) is 2.88. The molecule has 4 rings (SSSR count). The van der Waals surface area contributed by atoms with E-state index in [1.54, 1.807) is 23.9 Å². The van der Waals surface area contributed by atoms with Crippen LogP contribution in [-0.2, 0) is 4.79 Å². The Labute approximate surface area is 206 Å². The number of aromatic nitrogens is 1. The molecule has 0 bridgehead atoms. The van der Waals surface area contributed by atoms with E-state index in [9.17, 15) is 14.9 Å². The number of thiazole rings is 1. The molecule has 0 saturated heterocycles. The van der Waals surface area contributed by atoms with Crippen molar-refractivity contribution < 1.29 is 9.72 Å². The van der Waals surface area contributed by atoms with E-state index in [0.29, 0.717) is 16.4 Å². The molecule has 3 aromatic carbocycles. The summed E-state index contributed by atoms with van der Waals surface area (Å²) in [5.74, 6) is 0.415. The Kier molecular flexibility index (Phi) is 7.48. The molecule has 0 fully saturated rings. The van der Waals surface area contributed by atoms with E-state index < -0.39 is 4.92 Å². The molecule has 10 heteroatoms. The molecule has 166 valence electrons. The third kappa shape index (κ3) is 6.04. The highest BCUT2D eigenvalue weighted by Crippen LogP contribution is 2.32. The third-order valence-electron chi connectivity index (χ3n) is 4.51. The van der Waals surface area contributed by atoms with Crippen LogP contribution in [0.3, 0.4) is 0 Å². The van der Waals surface area contributed by atoms with Gasteiger partial charge in [-0.25, -0.2) is 4.98 Å². The van der Waals surface area contributed by atoms with Gasteiger partial charge in [0.05, 0.1) is 21.4 Å². The van der Waals surface area contributed by atoms with Crippen molar-refractivity contribution in [3.8, 4) is 0 Å². The number of hydrogen-bond donors (Lipinski definition) is 0. The maximum atomic E-state index is 13.1. The highest BCUT2D eigenvalue weighted by molar-refractivity contribution is 9.10. The molecule has 0 aliphatic carbocycles. The van der Waals surface area contributed by atoms with Gasteiger partial charge in [0.15, 0.2) is 0 Å². The Hall–Kier alpha value is -3.08. The van der Waals surface area contributed by atoms with Gasteiger partial charge in [0, 0.05) is 33.7 Å². The average molecular weight is 541 g/mol.